The third-order valence-electron chi connectivity index (χ3n) is 8.66. The molecule has 0 radical (unpaired) electrons. The predicted molar refractivity (Wildman–Crippen MR) is 124 cm³/mol. The molecule has 3 aliphatic carbocycles. The minimum atomic E-state index is -0.614. The molecule has 0 aromatic carbocycles. The van der Waals surface area contributed by atoms with E-state index in [1.54, 1.807) is 5.57 Å². The molecule has 0 bridgehead atoms. The van der Waals surface area contributed by atoms with E-state index in [1.807, 2.05) is 0 Å². The summed E-state index contributed by atoms with van der Waals surface area (Å²) in [5.74, 6) is 2.52. The standard InChI is InChI=1S/C27H44O3/c1-17(2)18(3)16-30-20(5)23-11-12-24-22(8-7-13-27(23,24)6)10-9-21-14-25(28)19(4)26(29)15-21/h9-10,17-18,20,23-26,28-29H,4,7-8,11-16H2,1-3,5-6H3/b22-10+/t18-,20+,23?,24?,25+,26+,27?/m0/s1. The number of ether oxygens (including phenoxy) is 1. The maximum Gasteiger partial charge on any atom is 0.0809 e. The van der Waals surface area contributed by atoms with Crippen molar-refractivity contribution in [3.05, 3.63) is 35.5 Å². The zero-order chi connectivity index (χ0) is 22.1. The normalized spacial score (nSPS) is 38.1. The van der Waals surface area contributed by atoms with Crippen LogP contribution in [0.4, 0.5) is 0 Å². The van der Waals surface area contributed by atoms with Crippen molar-refractivity contribution in [2.24, 2.45) is 29.1 Å². The van der Waals surface area contributed by atoms with Crippen LogP contribution in [-0.4, -0.2) is 35.1 Å². The first-order chi connectivity index (χ1) is 14.1. The highest BCUT2D eigenvalue weighted by atomic mass is 16.5. The van der Waals surface area contributed by atoms with Gasteiger partial charge in [-0.15, -0.1) is 0 Å². The quantitative estimate of drug-likeness (QED) is 0.536. The van der Waals surface area contributed by atoms with Crippen LogP contribution < -0.4 is 0 Å². The van der Waals surface area contributed by atoms with Crippen LogP contribution in [0.2, 0.25) is 0 Å². The van der Waals surface area contributed by atoms with Crippen molar-refractivity contribution in [3.8, 4) is 0 Å². The topological polar surface area (TPSA) is 49.7 Å². The van der Waals surface area contributed by atoms with Crippen LogP contribution in [0, 0.1) is 29.1 Å². The highest BCUT2D eigenvalue weighted by Crippen LogP contribution is 2.58. The summed E-state index contributed by atoms with van der Waals surface area (Å²) in [5, 5.41) is 20.3. The number of aliphatic hydroxyl groups is 2. The summed E-state index contributed by atoms with van der Waals surface area (Å²) in [4.78, 5) is 0. The molecule has 0 amide bonds. The van der Waals surface area contributed by atoms with Gasteiger partial charge in [-0.1, -0.05) is 57.6 Å². The minimum Gasteiger partial charge on any atom is -0.388 e. The van der Waals surface area contributed by atoms with Gasteiger partial charge < -0.3 is 14.9 Å². The third-order valence-corrected chi connectivity index (χ3v) is 8.66. The van der Waals surface area contributed by atoms with Gasteiger partial charge in [0.1, 0.15) is 0 Å². The molecular formula is C27H44O3. The predicted octanol–water partition coefficient (Wildman–Crippen LogP) is 5.82. The zero-order valence-corrected chi connectivity index (χ0v) is 19.9. The fourth-order valence-electron chi connectivity index (χ4n) is 6.09. The fraction of sp³-hybridized carbons (Fsp3) is 0.778. The maximum absolute atomic E-state index is 10.1. The summed E-state index contributed by atoms with van der Waals surface area (Å²) in [6.45, 7) is 16.3. The number of fused-ring (bicyclic) bond motifs is 1. The molecule has 3 aliphatic rings. The third kappa shape index (κ3) is 4.95. The van der Waals surface area contributed by atoms with E-state index < -0.39 is 12.2 Å². The molecule has 3 nitrogen and oxygen atoms in total. The van der Waals surface area contributed by atoms with Crippen molar-refractivity contribution < 1.29 is 14.9 Å². The number of rotatable bonds is 6. The van der Waals surface area contributed by atoms with Gasteiger partial charge in [0.2, 0.25) is 0 Å². The van der Waals surface area contributed by atoms with E-state index in [1.165, 1.54) is 32.1 Å². The first kappa shape index (κ1) is 23.8. The Labute approximate surface area is 184 Å². The summed E-state index contributed by atoms with van der Waals surface area (Å²) in [6.07, 6.45) is 11.0. The Hall–Kier alpha value is -0.900. The van der Waals surface area contributed by atoms with Gasteiger partial charge in [0, 0.05) is 6.61 Å². The number of hydrogen-bond acceptors (Lipinski definition) is 3. The molecule has 7 atom stereocenters. The molecule has 3 saturated carbocycles. The van der Waals surface area contributed by atoms with Gasteiger partial charge in [-0.2, -0.15) is 0 Å². The van der Waals surface area contributed by atoms with Crippen LogP contribution in [0.15, 0.2) is 35.5 Å². The summed E-state index contributed by atoms with van der Waals surface area (Å²) in [6, 6.07) is 0. The molecule has 3 heteroatoms. The SMILES string of the molecule is C=C1[C@H](O)CC(=C/C=C2\CCCC3(C)C2CCC3[C@@H](C)OC[C@H](C)C(C)C)C[C@H]1O. The second-order valence-corrected chi connectivity index (χ2v) is 10.9. The largest absolute Gasteiger partial charge is 0.388 e. The second kappa shape index (κ2) is 9.71. The lowest BCUT2D eigenvalue weighted by Gasteiger charge is -2.44. The molecule has 170 valence electrons. The molecule has 0 spiro atoms. The Bertz CT molecular complexity index is 660. The monoisotopic (exact) mass is 416 g/mol. The molecule has 0 aromatic heterocycles. The number of aliphatic hydroxyl groups excluding tert-OH is 2. The smallest absolute Gasteiger partial charge is 0.0809 e. The van der Waals surface area contributed by atoms with Crippen LogP contribution >= 0.6 is 0 Å². The van der Waals surface area contributed by atoms with Gasteiger partial charge in [-0.25, -0.2) is 0 Å². The first-order valence-corrected chi connectivity index (χ1v) is 12.2. The second-order valence-electron chi connectivity index (χ2n) is 10.9. The van der Waals surface area contributed by atoms with Crippen LogP contribution in [0.5, 0.6) is 0 Å². The van der Waals surface area contributed by atoms with Crippen molar-refractivity contribution in [1.29, 1.82) is 0 Å². The Morgan fingerprint density at radius 2 is 1.77 bits per heavy atom. The molecule has 3 fully saturated rings. The van der Waals surface area contributed by atoms with E-state index in [0.29, 0.717) is 53.6 Å². The first-order valence-electron chi connectivity index (χ1n) is 12.2. The van der Waals surface area contributed by atoms with Gasteiger partial charge in [0.05, 0.1) is 18.3 Å². The summed E-state index contributed by atoms with van der Waals surface area (Å²) in [5.41, 5.74) is 3.58. The molecule has 0 heterocycles. The van der Waals surface area contributed by atoms with Crippen molar-refractivity contribution >= 4 is 0 Å². The lowest BCUT2D eigenvalue weighted by molar-refractivity contribution is -0.0403. The van der Waals surface area contributed by atoms with E-state index in [-0.39, 0.29) is 0 Å². The Balaban J connectivity index is 1.69. The highest BCUT2D eigenvalue weighted by molar-refractivity contribution is 5.29. The van der Waals surface area contributed by atoms with Crippen LogP contribution in [0.1, 0.15) is 79.6 Å². The van der Waals surface area contributed by atoms with Gasteiger partial charge in [0.15, 0.2) is 0 Å². The highest BCUT2D eigenvalue weighted by Gasteiger charge is 2.51. The molecular weight excluding hydrogens is 372 g/mol. The molecule has 3 unspecified atom stereocenters. The van der Waals surface area contributed by atoms with E-state index in [4.69, 9.17) is 4.74 Å². The van der Waals surface area contributed by atoms with Crippen molar-refractivity contribution in [2.75, 3.05) is 6.61 Å². The lowest BCUT2D eigenvalue weighted by atomic mass is 9.62. The van der Waals surface area contributed by atoms with Gasteiger partial charge in [0.25, 0.3) is 0 Å². The van der Waals surface area contributed by atoms with Gasteiger partial charge >= 0.3 is 0 Å². The van der Waals surface area contributed by atoms with Crippen molar-refractivity contribution in [3.63, 3.8) is 0 Å². The van der Waals surface area contributed by atoms with Crippen LogP contribution in [0.3, 0.4) is 0 Å². The van der Waals surface area contributed by atoms with Crippen molar-refractivity contribution in [2.45, 2.75) is 97.9 Å². The number of hydrogen-bond donors (Lipinski definition) is 2. The van der Waals surface area contributed by atoms with E-state index >= 15 is 0 Å². The zero-order valence-electron chi connectivity index (χ0n) is 19.9. The average Bonchev–Trinajstić information content (AvgIpc) is 3.05. The van der Waals surface area contributed by atoms with E-state index in [9.17, 15) is 10.2 Å². The number of allylic oxidation sites excluding steroid dienone is 3. The molecule has 2 N–H and O–H groups in total. The lowest BCUT2D eigenvalue weighted by Crippen LogP contribution is -2.39. The summed E-state index contributed by atoms with van der Waals surface area (Å²) < 4.78 is 6.39. The Kier molecular flexibility index (Phi) is 7.69. The molecule has 3 rings (SSSR count). The fourth-order valence-corrected chi connectivity index (χ4v) is 6.09. The minimum absolute atomic E-state index is 0.313. The van der Waals surface area contributed by atoms with Crippen molar-refractivity contribution in [1.82, 2.24) is 0 Å². The Morgan fingerprint density at radius 3 is 2.40 bits per heavy atom. The van der Waals surface area contributed by atoms with E-state index in [0.717, 1.165) is 12.2 Å². The summed E-state index contributed by atoms with van der Waals surface area (Å²) >= 11 is 0. The maximum atomic E-state index is 10.1. The summed E-state index contributed by atoms with van der Waals surface area (Å²) in [7, 11) is 0. The molecule has 0 aliphatic heterocycles. The van der Waals surface area contributed by atoms with E-state index in [2.05, 4.69) is 53.3 Å². The van der Waals surface area contributed by atoms with Crippen LogP contribution in [-0.2, 0) is 4.74 Å². The van der Waals surface area contributed by atoms with Gasteiger partial charge in [-0.3, -0.25) is 0 Å². The molecule has 0 aromatic rings. The molecule has 30 heavy (non-hydrogen) atoms. The Morgan fingerprint density at radius 1 is 1.10 bits per heavy atom. The molecule has 0 saturated heterocycles. The van der Waals surface area contributed by atoms with Crippen LogP contribution in [0.25, 0.3) is 0 Å². The van der Waals surface area contributed by atoms with Gasteiger partial charge in [-0.05, 0) is 86.5 Å². The average molecular weight is 417 g/mol.